The van der Waals surface area contributed by atoms with Crippen LogP contribution in [0.25, 0.3) is 0 Å². The second-order valence-electron chi connectivity index (χ2n) is 4.70. The number of para-hydroxylation sites is 2. The number of aromatic nitrogens is 1. The summed E-state index contributed by atoms with van der Waals surface area (Å²) in [5.74, 6) is 0.924. The van der Waals surface area contributed by atoms with Crippen molar-refractivity contribution < 1.29 is 0 Å². The molecule has 0 saturated carbocycles. The van der Waals surface area contributed by atoms with Crippen LogP contribution in [0.2, 0.25) is 0 Å². The van der Waals surface area contributed by atoms with Gasteiger partial charge in [0.05, 0.1) is 0 Å². The molecule has 1 heterocycles. The molecule has 0 aliphatic carbocycles. The Kier molecular flexibility index (Phi) is 3.46. The van der Waals surface area contributed by atoms with E-state index in [9.17, 15) is 0 Å². The highest BCUT2D eigenvalue weighted by atomic mass is 15.2. The average molecular weight is 260 g/mol. The van der Waals surface area contributed by atoms with Gasteiger partial charge in [-0.25, -0.2) is 4.98 Å². The maximum atomic E-state index is 4.56. The predicted octanol–water partition coefficient (Wildman–Crippen LogP) is 4.86. The Morgan fingerprint density at radius 3 is 1.70 bits per heavy atom. The summed E-state index contributed by atoms with van der Waals surface area (Å²) < 4.78 is 0. The third kappa shape index (κ3) is 2.54. The summed E-state index contributed by atoms with van der Waals surface area (Å²) in [6, 6.07) is 24.7. The molecule has 1 aromatic heterocycles. The van der Waals surface area contributed by atoms with Crippen molar-refractivity contribution in [1.29, 1.82) is 0 Å². The molecule has 0 atom stereocenters. The smallest absolute Gasteiger partial charge is 0.137 e. The Morgan fingerprint density at radius 1 is 0.700 bits per heavy atom. The van der Waals surface area contributed by atoms with E-state index in [2.05, 4.69) is 46.3 Å². The molecule has 20 heavy (non-hydrogen) atoms. The molecule has 0 fully saturated rings. The number of nitrogens with zero attached hydrogens (tertiary/aromatic N) is 2. The molecule has 3 aromatic rings. The van der Waals surface area contributed by atoms with Crippen molar-refractivity contribution in [1.82, 2.24) is 4.98 Å². The summed E-state index contributed by atoms with van der Waals surface area (Å²) in [5.41, 5.74) is 3.37. The number of pyridine rings is 1. The molecule has 0 N–H and O–H groups in total. The lowest BCUT2D eigenvalue weighted by Gasteiger charge is -2.24. The number of rotatable bonds is 3. The SMILES string of the molecule is Cc1ccc(N(c2ccccc2)c2ccccc2)nc1. The van der Waals surface area contributed by atoms with Crippen molar-refractivity contribution in [3.05, 3.63) is 84.6 Å². The summed E-state index contributed by atoms with van der Waals surface area (Å²) in [6.07, 6.45) is 1.90. The molecule has 0 unspecified atom stereocenters. The van der Waals surface area contributed by atoms with Crippen LogP contribution < -0.4 is 4.90 Å². The van der Waals surface area contributed by atoms with Crippen LogP contribution >= 0.6 is 0 Å². The quantitative estimate of drug-likeness (QED) is 0.668. The molecule has 3 rings (SSSR count). The first kappa shape index (κ1) is 12.4. The van der Waals surface area contributed by atoms with Crippen LogP contribution in [0.15, 0.2) is 79.0 Å². The molecule has 0 spiro atoms. The number of hydrogen-bond acceptors (Lipinski definition) is 2. The largest absolute Gasteiger partial charge is 0.295 e. The van der Waals surface area contributed by atoms with Crippen LogP contribution in [0, 0.1) is 6.92 Å². The average Bonchev–Trinajstić information content (AvgIpc) is 2.52. The Balaban J connectivity index is 2.11. The minimum atomic E-state index is 0.924. The molecule has 0 bridgehead atoms. The lowest BCUT2D eigenvalue weighted by atomic mass is 10.2. The van der Waals surface area contributed by atoms with Gasteiger partial charge < -0.3 is 0 Å². The van der Waals surface area contributed by atoms with E-state index in [0.29, 0.717) is 0 Å². The minimum Gasteiger partial charge on any atom is -0.295 e. The Hall–Kier alpha value is -2.61. The van der Waals surface area contributed by atoms with E-state index in [1.807, 2.05) is 49.5 Å². The fourth-order valence-corrected chi connectivity index (χ4v) is 2.16. The molecule has 0 saturated heterocycles. The molecule has 0 aliphatic heterocycles. The zero-order valence-corrected chi connectivity index (χ0v) is 11.4. The van der Waals surface area contributed by atoms with Gasteiger partial charge in [0.2, 0.25) is 0 Å². The number of benzene rings is 2. The van der Waals surface area contributed by atoms with E-state index in [-0.39, 0.29) is 0 Å². The lowest BCUT2D eigenvalue weighted by molar-refractivity contribution is 1.16. The van der Waals surface area contributed by atoms with Gasteiger partial charge in [0, 0.05) is 17.6 Å². The van der Waals surface area contributed by atoms with E-state index in [4.69, 9.17) is 0 Å². The van der Waals surface area contributed by atoms with Crippen molar-refractivity contribution in [3.63, 3.8) is 0 Å². The highest BCUT2D eigenvalue weighted by molar-refractivity contribution is 5.74. The van der Waals surface area contributed by atoms with E-state index in [1.54, 1.807) is 0 Å². The van der Waals surface area contributed by atoms with E-state index in [0.717, 1.165) is 22.8 Å². The lowest BCUT2D eigenvalue weighted by Crippen LogP contribution is -2.11. The van der Waals surface area contributed by atoms with Crippen molar-refractivity contribution in [2.45, 2.75) is 6.92 Å². The van der Waals surface area contributed by atoms with Gasteiger partial charge in [-0.3, -0.25) is 4.90 Å². The molecule has 0 amide bonds. The van der Waals surface area contributed by atoms with Crippen LogP contribution in [0.1, 0.15) is 5.56 Å². The first-order chi connectivity index (χ1) is 9.84. The van der Waals surface area contributed by atoms with Gasteiger partial charge in [-0.05, 0) is 42.8 Å². The molecule has 2 heteroatoms. The summed E-state index contributed by atoms with van der Waals surface area (Å²) >= 11 is 0. The highest BCUT2D eigenvalue weighted by Crippen LogP contribution is 2.32. The van der Waals surface area contributed by atoms with Gasteiger partial charge in [0.15, 0.2) is 0 Å². The Morgan fingerprint density at radius 2 is 1.25 bits per heavy atom. The molecular weight excluding hydrogens is 244 g/mol. The maximum Gasteiger partial charge on any atom is 0.137 e. The third-order valence-corrected chi connectivity index (χ3v) is 3.15. The number of anilines is 3. The standard InChI is InChI=1S/C18H16N2/c1-15-12-13-18(19-14-15)20(16-8-4-2-5-9-16)17-10-6-3-7-11-17/h2-14H,1H3. The van der Waals surface area contributed by atoms with E-state index in [1.165, 1.54) is 0 Å². The molecular formula is C18H16N2. The highest BCUT2D eigenvalue weighted by Gasteiger charge is 2.12. The van der Waals surface area contributed by atoms with Crippen LogP contribution in [-0.2, 0) is 0 Å². The van der Waals surface area contributed by atoms with Gasteiger partial charge in [-0.15, -0.1) is 0 Å². The second-order valence-corrected chi connectivity index (χ2v) is 4.70. The zero-order valence-electron chi connectivity index (χ0n) is 11.4. The summed E-state index contributed by atoms with van der Waals surface area (Å²) in [4.78, 5) is 6.71. The molecule has 2 aromatic carbocycles. The van der Waals surface area contributed by atoms with Crippen LogP contribution in [0.4, 0.5) is 17.2 Å². The van der Waals surface area contributed by atoms with E-state index < -0.39 is 0 Å². The van der Waals surface area contributed by atoms with Gasteiger partial charge in [0.25, 0.3) is 0 Å². The van der Waals surface area contributed by atoms with Crippen molar-refractivity contribution >= 4 is 17.2 Å². The fourth-order valence-electron chi connectivity index (χ4n) is 2.16. The number of hydrogen-bond donors (Lipinski definition) is 0. The topological polar surface area (TPSA) is 16.1 Å². The van der Waals surface area contributed by atoms with Gasteiger partial charge in [0.1, 0.15) is 5.82 Å². The molecule has 2 nitrogen and oxygen atoms in total. The second kappa shape index (κ2) is 5.57. The first-order valence-corrected chi connectivity index (χ1v) is 6.67. The summed E-state index contributed by atoms with van der Waals surface area (Å²) in [7, 11) is 0. The third-order valence-electron chi connectivity index (χ3n) is 3.15. The van der Waals surface area contributed by atoms with Gasteiger partial charge >= 0.3 is 0 Å². The Bertz CT molecular complexity index is 621. The van der Waals surface area contributed by atoms with Gasteiger partial charge in [-0.2, -0.15) is 0 Å². The molecule has 98 valence electrons. The van der Waals surface area contributed by atoms with Gasteiger partial charge in [-0.1, -0.05) is 42.5 Å². The fraction of sp³-hybridized carbons (Fsp3) is 0.0556. The predicted molar refractivity (Wildman–Crippen MR) is 83.7 cm³/mol. The molecule has 0 radical (unpaired) electrons. The Labute approximate surface area is 119 Å². The van der Waals surface area contributed by atoms with Crippen LogP contribution in [-0.4, -0.2) is 4.98 Å². The summed E-state index contributed by atoms with van der Waals surface area (Å²) in [6.45, 7) is 2.05. The zero-order chi connectivity index (χ0) is 13.8. The maximum absolute atomic E-state index is 4.56. The first-order valence-electron chi connectivity index (χ1n) is 6.67. The van der Waals surface area contributed by atoms with Crippen molar-refractivity contribution in [2.24, 2.45) is 0 Å². The monoisotopic (exact) mass is 260 g/mol. The van der Waals surface area contributed by atoms with E-state index >= 15 is 0 Å². The number of aryl methyl sites for hydroxylation is 1. The molecule has 0 aliphatic rings. The van der Waals surface area contributed by atoms with Crippen molar-refractivity contribution in [2.75, 3.05) is 4.90 Å². The van der Waals surface area contributed by atoms with Crippen LogP contribution in [0.3, 0.4) is 0 Å². The van der Waals surface area contributed by atoms with Crippen molar-refractivity contribution in [3.8, 4) is 0 Å². The normalized spacial score (nSPS) is 10.2. The van der Waals surface area contributed by atoms with Crippen LogP contribution in [0.5, 0.6) is 0 Å². The summed E-state index contributed by atoms with van der Waals surface area (Å²) in [5, 5.41) is 0. The minimum absolute atomic E-state index is 0.924.